The maximum Gasteiger partial charge on any atom is 0.255 e. The molecule has 1 aliphatic heterocycles. The highest BCUT2D eigenvalue weighted by Gasteiger charge is 2.15. The van der Waals surface area contributed by atoms with Crippen molar-refractivity contribution in [3.8, 4) is 0 Å². The fourth-order valence-electron chi connectivity index (χ4n) is 2.66. The first-order chi connectivity index (χ1) is 9.72. The van der Waals surface area contributed by atoms with Gasteiger partial charge in [0.2, 0.25) is 0 Å². The number of nitrogens with one attached hydrogen (secondary N) is 1. The third-order valence-electron chi connectivity index (χ3n) is 3.62. The Hall–Kier alpha value is -1.40. The topological polar surface area (TPSA) is 58.4 Å². The summed E-state index contributed by atoms with van der Waals surface area (Å²) >= 11 is 5.99. The van der Waals surface area contributed by atoms with Gasteiger partial charge in [-0.15, -0.1) is 0 Å². The molecule has 0 aliphatic carbocycles. The monoisotopic (exact) mass is 294 g/mol. The maximum atomic E-state index is 5.99. The van der Waals surface area contributed by atoms with Crippen molar-refractivity contribution in [3.63, 3.8) is 0 Å². The Balaban J connectivity index is 1.62. The zero-order valence-electron chi connectivity index (χ0n) is 11.6. The van der Waals surface area contributed by atoms with Gasteiger partial charge in [0.1, 0.15) is 17.3 Å². The molecular formula is C13H19ClN6. The summed E-state index contributed by atoms with van der Waals surface area (Å²) in [7, 11) is 0. The van der Waals surface area contributed by atoms with Crippen molar-refractivity contribution in [1.29, 1.82) is 0 Å². The molecule has 7 heteroatoms. The lowest BCUT2D eigenvalue weighted by Crippen LogP contribution is -2.29. The molecule has 6 nitrogen and oxygen atoms in total. The number of nitrogens with zero attached hydrogens (tertiary/aromatic N) is 5. The molecule has 1 N–H and O–H groups in total. The minimum absolute atomic E-state index is 0.431. The van der Waals surface area contributed by atoms with Crippen LogP contribution in [0.4, 0.5) is 5.82 Å². The smallest absolute Gasteiger partial charge is 0.255 e. The van der Waals surface area contributed by atoms with E-state index in [1.807, 2.05) is 0 Å². The molecule has 1 fully saturated rings. The van der Waals surface area contributed by atoms with Crippen molar-refractivity contribution in [1.82, 2.24) is 24.5 Å². The average molecular weight is 295 g/mol. The molecular weight excluding hydrogens is 276 g/mol. The van der Waals surface area contributed by atoms with Crippen LogP contribution in [0.15, 0.2) is 12.4 Å². The first-order valence-electron chi connectivity index (χ1n) is 7.05. The third-order valence-corrected chi connectivity index (χ3v) is 3.81. The molecule has 3 heterocycles. The van der Waals surface area contributed by atoms with Gasteiger partial charge in [-0.3, -0.25) is 0 Å². The second kappa shape index (κ2) is 5.93. The van der Waals surface area contributed by atoms with Crippen molar-refractivity contribution in [2.75, 3.05) is 31.5 Å². The molecule has 1 atom stereocenters. The number of hydrogen-bond acceptors (Lipinski definition) is 5. The van der Waals surface area contributed by atoms with Crippen molar-refractivity contribution in [2.24, 2.45) is 5.92 Å². The van der Waals surface area contributed by atoms with Crippen LogP contribution in [0.25, 0.3) is 5.78 Å². The fraction of sp³-hybridized carbons (Fsp3) is 0.615. The standard InChI is InChI=1S/C13H19ClN6/c1-10(8-19-4-2-3-5-19)7-15-12-6-11(14)18-13-16-9-17-20(12)13/h6,9-10,15H,2-5,7-8H2,1H3. The van der Waals surface area contributed by atoms with Crippen LogP contribution in [0.3, 0.4) is 0 Å². The second-order valence-corrected chi connectivity index (χ2v) is 5.82. The number of anilines is 1. The SMILES string of the molecule is CC(CNc1cc(Cl)nc2ncnn12)CN1CCCC1. The number of likely N-dealkylation sites (tertiary alicyclic amines) is 1. The molecule has 0 spiro atoms. The zero-order chi connectivity index (χ0) is 13.9. The Morgan fingerprint density at radius 2 is 2.20 bits per heavy atom. The molecule has 0 amide bonds. The fourth-order valence-corrected chi connectivity index (χ4v) is 2.84. The molecule has 2 aromatic rings. The normalized spacial score (nSPS) is 17.7. The third kappa shape index (κ3) is 3.02. The minimum atomic E-state index is 0.431. The van der Waals surface area contributed by atoms with Gasteiger partial charge in [-0.25, -0.2) is 0 Å². The molecule has 2 aromatic heterocycles. The molecule has 0 aromatic carbocycles. The Bertz CT molecular complexity index is 577. The molecule has 0 saturated carbocycles. The molecule has 1 unspecified atom stereocenters. The van der Waals surface area contributed by atoms with E-state index in [0.717, 1.165) is 18.9 Å². The van der Waals surface area contributed by atoms with E-state index in [1.54, 1.807) is 10.6 Å². The summed E-state index contributed by atoms with van der Waals surface area (Å²) in [5.41, 5.74) is 0. The summed E-state index contributed by atoms with van der Waals surface area (Å²) in [6, 6.07) is 1.78. The van der Waals surface area contributed by atoms with Crippen LogP contribution >= 0.6 is 11.6 Å². The van der Waals surface area contributed by atoms with E-state index in [9.17, 15) is 0 Å². The van der Waals surface area contributed by atoms with Crippen LogP contribution in [-0.4, -0.2) is 50.7 Å². The Labute approximate surface area is 123 Å². The van der Waals surface area contributed by atoms with E-state index >= 15 is 0 Å². The second-order valence-electron chi connectivity index (χ2n) is 5.43. The van der Waals surface area contributed by atoms with Gasteiger partial charge in [0.25, 0.3) is 5.78 Å². The van der Waals surface area contributed by atoms with Crippen LogP contribution in [0.5, 0.6) is 0 Å². The van der Waals surface area contributed by atoms with Gasteiger partial charge in [0.05, 0.1) is 0 Å². The summed E-state index contributed by atoms with van der Waals surface area (Å²) in [5, 5.41) is 7.98. The van der Waals surface area contributed by atoms with Gasteiger partial charge in [-0.05, 0) is 31.8 Å². The van der Waals surface area contributed by atoms with Crippen LogP contribution in [0.2, 0.25) is 5.15 Å². The maximum absolute atomic E-state index is 5.99. The highest BCUT2D eigenvalue weighted by atomic mass is 35.5. The van der Waals surface area contributed by atoms with Crippen molar-refractivity contribution in [3.05, 3.63) is 17.5 Å². The number of rotatable bonds is 5. The lowest BCUT2D eigenvalue weighted by Gasteiger charge is -2.20. The summed E-state index contributed by atoms with van der Waals surface area (Å²) < 4.78 is 1.68. The van der Waals surface area contributed by atoms with Crippen LogP contribution in [0.1, 0.15) is 19.8 Å². The molecule has 3 rings (SSSR count). The molecule has 1 aliphatic rings. The van der Waals surface area contributed by atoms with Gasteiger partial charge in [0.15, 0.2) is 0 Å². The Morgan fingerprint density at radius 3 is 3.00 bits per heavy atom. The number of halogens is 1. The lowest BCUT2D eigenvalue weighted by molar-refractivity contribution is 0.294. The van der Waals surface area contributed by atoms with Gasteiger partial charge in [0, 0.05) is 19.2 Å². The Kier molecular flexibility index (Phi) is 4.03. The first-order valence-corrected chi connectivity index (χ1v) is 7.42. The van der Waals surface area contributed by atoms with Crippen LogP contribution in [0, 0.1) is 5.92 Å². The zero-order valence-corrected chi connectivity index (χ0v) is 12.3. The van der Waals surface area contributed by atoms with E-state index in [1.165, 1.54) is 32.3 Å². The highest BCUT2D eigenvalue weighted by molar-refractivity contribution is 6.29. The number of hydrogen-bond donors (Lipinski definition) is 1. The van der Waals surface area contributed by atoms with Crippen LogP contribution < -0.4 is 5.32 Å². The minimum Gasteiger partial charge on any atom is -0.369 e. The quantitative estimate of drug-likeness (QED) is 0.854. The van der Waals surface area contributed by atoms with Gasteiger partial charge in [-0.1, -0.05) is 18.5 Å². The van der Waals surface area contributed by atoms with E-state index in [2.05, 4.69) is 32.2 Å². The molecule has 0 radical (unpaired) electrons. The lowest BCUT2D eigenvalue weighted by atomic mass is 10.1. The van der Waals surface area contributed by atoms with E-state index < -0.39 is 0 Å². The van der Waals surface area contributed by atoms with E-state index in [-0.39, 0.29) is 0 Å². The Morgan fingerprint density at radius 1 is 1.40 bits per heavy atom. The largest absolute Gasteiger partial charge is 0.369 e. The molecule has 1 saturated heterocycles. The van der Waals surface area contributed by atoms with Gasteiger partial charge in [-0.2, -0.15) is 19.6 Å². The number of aromatic nitrogens is 4. The predicted octanol–water partition coefficient (Wildman–Crippen LogP) is 1.92. The average Bonchev–Trinajstić information content (AvgIpc) is 3.06. The molecule has 20 heavy (non-hydrogen) atoms. The summed E-state index contributed by atoms with van der Waals surface area (Å²) in [5.74, 6) is 1.93. The highest BCUT2D eigenvalue weighted by Crippen LogP contribution is 2.15. The first kappa shape index (κ1) is 13.6. The summed E-state index contributed by atoms with van der Waals surface area (Å²) in [6.45, 7) is 6.74. The number of fused-ring (bicyclic) bond motifs is 1. The van der Waals surface area contributed by atoms with Crippen molar-refractivity contribution < 1.29 is 0 Å². The van der Waals surface area contributed by atoms with Crippen molar-refractivity contribution >= 4 is 23.2 Å². The van der Waals surface area contributed by atoms with E-state index in [0.29, 0.717) is 16.8 Å². The molecule has 108 valence electrons. The predicted molar refractivity (Wildman–Crippen MR) is 79.1 cm³/mol. The van der Waals surface area contributed by atoms with Crippen molar-refractivity contribution in [2.45, 2.75) is 19.8 Å². The van der Waals surface area contributed by atoms with E-state index in [4.69, 9.17) is 11.6 Å². The molecule has 0 bridgehead atoms. The van der Waals surface area contributed by atoms with Crippen LogP contribution in [-0.2, 0) is 0 Å². The van der Waals surface area contributed by atoms with Gasteiger partial charge < -0.3 is 10.2 Å². The van der Waals surface area contributed by atoms with Gasteiger partial charge >= 0.3 is 0 Å². The summed E-state index contributed by atoms with van der Waals surface area (Å²) in [4.78, 5) is 10.7. The summed E-state index contributed by atoms with van der Waals surface area (Å²) in [6.07, 6.45) is 4.15.